The molecule has 0 amide bonds. The normalized spacial score (nSPS) is 26.3. The molecule has 2 aliphatic heterocycles. The molecule has 0 saturated carbocycles. The monoisotopic (exact) mass is 536 g/mol. The van der Waals surface area contributed by atoms with Crippen LogP contribution in [0.3, 0.4) is 0 Å². The molecule has 6 atom stereocenters. The van der Waals surface area contributed by atoms with Crippen LogP contribution in [0.15, 0.2) is 78.9 Å². The van der Waals surface area contributed by atoms with Gasteiger partial charge >= 0.3 is 11.9 Å². The lowest BCUT2D eigenvalue weighted by Gasteiger charge is -2.46. The topological polar surface area (TPSA) is 130 Å². The van der Waals surface area contributed by atoms with Gasteiger partial charge in [-0.3, -0.25) is 0 Å². The molecule has 39 heavy (non-hydrogen) atoms. The van der Waals surface area contributed by atoms with Crippen molar-refractivity contribution >= 4 is 11.9 Å². The summed E-state index contributed by atoms with van der Waals surface area (Å²) in [6, 6.07) is 21.3. The van der Waals surface area contributed by atoms with Crippen molar-refractivity contribution in [3.8, 4) is 11.5 Å². The lowest BCUT2D eigenvalue weighted by molar-refractivity contribution is -0.360. The molecule has 2 heterocycles. The van der Waals surface area contributed by atoms with Crippen LogP contribution in [0, 0.1) is 0 Å². The van der Waals surface area contributed by atoms with Crippen LogP contribution in [0.25, 0.3) is 0 Å². The van der Waals surface area contributed by atoms with Crippen LogP contribution in [-0.4, -0.2) is 66.1 Å². The van der Waals surface area contributed by atoms with Crippen molar-refractivity contribution in [3.05, 3.63) is 95.6 Å². The molecule has 3 aromatic rings. The van der Waals surface area contributed by atoms with Gasteiger partial charge in [-0.1, -0.05) is 36.4 Å². The van der Waals surface area contributed by atoms with E-state index in [9.17, 15) is 19.8 Å². The number of esters is 2. The first-order valence-corrected chi connectivity index (χ1v) is 12.5. The Morgan fingerprint density at radius 2 is 1.44 bits per heavy atom. The van der Waals surface area contributed by atoms with Gasteiger partial charge in [0.1, 0.15) is 24.4 Å². The third-order valence-electron chi connectivity index (χ3n) is 6.33. The van der Waals surface area contributed by atoms with Gasteiger partial charge < -0.3 is 38.6 Å². The summed E-state index contributed by atoms with van der Waals surface area (Å²) in [5.74, 6) is -1.30. The fourth-order valence-corrected chi connectivity index (χ4v) is 4.35. The maximum atomic E-state index is 12.8. The van der Waals surface area contributed by atoms with Gasteiger partial charge in [0, 0.05) is 12.2 Å². The molecule has 10 nitrogen and oxygen atoms in total. The van der Waals surface area contributed by atoms with Crippen molar-refractivity contribution in [1.82, 2.24) is 0 Å². The Morgan fingerprint density at radius 3 is 2.05 bits per heavy atom. The average Bonchev–Trinajstić information content (AvgIpc) is 2.97. The number of rotatable bonds is 7. The van der Waals surface area contributed by atoms with Gasteiger partial charge in [0.05, 0.1) is 17.7 Å². The quantitative estimate of drug-likeness (QED) is 0.343. The molecule has 204 valence electrons. The highest BCUT2D eigenvalue weighted by molar-refractivity contribution is 5.93. The summed E-state index contributed by atoms with van der Waals surface area (Å²) in [6.07, 6.45) is -6.16. The Morgan fingerprint density at radius 1 is 0.821 bits per heavy atom. The fraction of sp³-hybridized carbons (Fsp3) is 0.310. The SMILES string of the molecule is CCO[C@H]1O[C@@H]2COC(c3ccc(OC(=O)c4ccccc4)c(OC(=O)c4ccccc4)c3)O[C@H]2[C@H](O)[C@H]1O. The maximum Gasteiger partial charge on any atom is 0.343 e. The van der Waals surface area contributed by atoms with Crippen molar-refractivity contribution in [3.63, 3.8) is 0 Å². The predicted octanol–water partition coefficient (Wildman–Crippen LogP) is 3.02. The minimum absolute atomic E-state index is 0.0154. The molecular formula is C29H28O10. The second kappa shape index (κ2) is 12.0. The summed E-state index contributed by atoms with van der Waals surface area (Å²) in [4.78, 5) is 25.6. The number of carbonyl (C=O) groups is 2. The highest BCUT2D eigenvalue weighted by Crippen LogP contribution is 2.38. The molecule has 2 aliphatic rings. The van der Waals surface area contributed by atoms with Crippen LogP contribution in [-0.2, 0) is 18.9 Å². The highest BCUT2D eigenvalue weighted by atomic mass is 16.8. The van der Waals surface area contributed by atoms with E-state index in [1.807, 2.05) is 0 Å². The molecule has 10 heteroatoms. The van der Waals surface area contributed by atoms with Crippen LogP contribution < -0.4 is 9.47 Å². The van der Waals surface area contributed by atoms with Gasteiger partial charge in [0.2, 0.25) is 0 Å². The van der Waals surface area contributed by atoms with Gasteiger partial charge in [0.25, 0.3) is 0 Å². The third kappa shape index (κ3) is 6.01. The van der Waals surface area contributed by atoms with Crippen LogP contribution in [0.4, 0.5) is 0 Å². The average molecular weight is 537 g/mol. The second-order valence-electron chi connectivity index (χ2n) is 8.96. The number of ether oxygens (including phenoxy) is 6. The highest BCUT2D eigenvalue weighted by Gasteiger charge is 2.49. The molecule has 2 saturated heterocycles. The summed E-state index contributed by atoms with van der Waals surface area (Å²) in [5.41, 5.74) is 1.05. The minimum Gasteiger partial charge on any atom is -0.419 e. The zero-order chi connectivity index (χ0) is 27.4. The number of benzene rings is 3. The number of carbonyl (C=O) groups excluding carboxylic acids is 2. The standard InChI is InChI=1S/C29H28O10/c1-2-34-29-24(31)23(30)25-22(38-29)16-35-28(39-25)19-13-14-20(36-26(32)17-9-5-3-6-10-17)21(15-19)37-27(33)18-11-7-4-8-12-18/h3-15,22-25,28-31H,2,16H2,1H3/t22-,23-,24-,25-,28?,29+/m1/s1. The molecule has 0 aliphatic carbocycles. The molecule has 0 aromatic heterocycles. The number of fused-ring (bicyclic) bond motifs is 1. The van der Waals surface area contributed by atoms with E-state index in [0.29, 0.717) is 23.3 Å². The van der Waals surface area contributed by atoms with E-state index in [2.05, 4.69) is 0 Å². The van der Waals surface area contributed by atoms with E-state index in [-0.39, 0.29) is 18.1 Å². The number of aliphatic hydroxyl groups is 2. The first-order chi connectivity index (χ1) is 18.9. The lowest BCUT2D eigenvalue weighted by Crippen LogP contribution is -2.62. The van der Waals surface area contributed by atoms with E-state index in [4.69, 9.17) is 28.4 Å². The van der Waals surface area contributed by atoms with Gasteiger partial charge in [-0.05, 0) is 49.4 Å². The molecule has 5 rings (SSSR count). The van der Waals surface area contributed by atoms with Crippen molar-refractivity contribution in [2.75, 3.05) is 13.2 Å². The summed E-state index contributed by atoms with van der Waals surface area (Å²) < 4.78 is 34.1. The summed E-state index contributed by atoms with van der Waals surface area (Å²) >= 11 is 0. The number of hydrogen-bond acceptors (Lipinski definition) is 10. The van der Waals surface area contributed by atoms with Gasteiger partial charge in [-0.15, -0.1) is 0 Å². The van der Waals surface area contributed by atoms with E-state index in [1.165, 1.54) is 12.1 Å². The van der Waals surface area contributed by atoms with Crippen LogP contribution in [0.2, 0.25) is 0 Å². The fourth-order valence-electron chi connectivity index (χ4n) is 4.35. The van der Waals surface area contributed by atoms with Crippen molar-refractivity contribution in [1.29, 1.82) is 0 Å². The van der Waals surface area contributed by atoms with Gasteiger partial charge in [0.15, 0.2) is 24.1 Å². The molecule has 0 spiro atoms. The maximum absolute atomic E-state index is 12.8. The first-order valence-electron chi connectivity index (χ1n) is 12.5. The van der Waals surface area contributed by atoms with Crippen molar-refractivity contribution in [2.24, 2.45) is 0 Å². The zero-order valence-electron chi connectivity index (χ0n) is 21.0. The van der Waals surface area contributed by atoms with Crippen LogP contribution >= 0.6 is 0 Å². The van der Waals surface area contributed by atoms with Gasteiger partial charge in [-0.2, -0.15) is 0 Å². The zero-order valence-corrected chi connectivity index (χ0v) is 21.0. The van der Waals surface area contributed by atoms with E-state index >= 15 is 0 Å². The summed E-state index contributed by atoms with van der Waals surface area (Å²) in [7, 11) is 0. The molecular weight excluding hydrogens is 508 g/mol. The second-order valence-corrected chi connectivity index (χ2v) is 8.96. The van der Waals surface area contributed by atoms with Crippen molar-refractivity contribution in [2.45, 2.75) is 43.9 Å². The Labute approximate surface area is 224 Å². The molecule has 2 N–H and O–H groups in total. The van der Waals surface area contributed by atoms with E-state index in [1.54, 1.807) is 73.7 Å². The summed E-state index contributed by atoms with van der Waals surface area (Å²) in [6.45, 7) is 2.09. The Balaban J connectivity index is 1.39. The molecule has 1 unspecified atom stereocenters. The number of hydrogen-bond donors (Lipinski definition) is 2. The molecule has 2 fully saturated rings. The Kier molecular flexibility index (Phi) is 8.32. The van der Waals surface area contributed by atoms with Crippen molar-refractivity contribution < 1.29 is 48.2 Å². The number of aliphatic hydroxyl groups excluding tert-OH is 2. The third-order valence-corrected chi connectivity index (χ3v) is 6.33. The molecule has 0 bridgehead atoms. The largest absolute Gasteiger partial charge is 0.419 e. The minimum atomic E-state index is -1.31. The van der Waals surface area contributed by atoms with Gasteiger partial charge in [-0.25, -0.2) is 9.59 Å². The Hall–Kier alpha value is -3.64. The smallest absolute Gasteiger partial charge is 0.343 e. The predicted molar refractivity (Wildman–Crippen MR) is 135 cm³/mol. The Bertz CT molecular complexity index is 1280. The van der Waals surface area contributed by atoms with Crippen LogP contribution in [0.5, 0.6) is 11.5 Å². The lowest BCUT2D eigenvalue weighted by atomic mass is 9.98. The molecule has 3 aromatic carbocycles. The van der Waals surface area contributed by atoms with E-state index < -0.39 is 48.9 Å². The first kappa shape index (κ1) is 26.9. The summed E-state index contributed by atoms with van der Waals surface area (Å²) in [5, 5.41) is 21.1. The van der Waals surface area contributed by atoms with Crippen LogP contribution in [0.1, 0.15) is 39.5 Å². The molecule has 0 radical (unpaired) electrons. The van der Waals surface area contributed by atoms with E-state index in [0.717, 1.165) is 0 Å².